The predicted molar refractivity (Wildman–Crippen MR) is 79.8 cm³/mol. The molecule has 0 spiro atoms. The average molecular weight is 325 g/mol. The molecule has 1 atom stereocenters. The Bertz CT molecular complexity index is 741. The van der Waals surface area contributed by atoms with Crippen LogP contribution in [0.25, 0.3) is 0 Å². The maximum absolute atomic E-state index is 12.7. The van der Waals surface area contributed by atoms with Gasteiger partial charge >= 0.3 is 5.97 Å². The number of benzene rings is 2. The second kappa shape index (κ2) is 6.28. The summed E-state index contributed by atoms with van der Waals surface area (Å²) in [6.07, 6.45) is 0. The molecule has 0 aliphatic heterocycles. The normalized spacial score (nSPS) is 12.7. The Balaban J connectivity index is 2.63. The molecule has 0 heterocycles. The fraction of sp³-hybridized carbons (Fsp3) is 0.133. The Labute approximate surface area is 128 Å². The first-order chi connectivity index (χ1) is 9.98. The summed E-state index contributed by atoms with van der Waals surface area (Å²) in [4.78, 5) is 12.1. The maximum atomic E-state index is 12.7. The predicted octanol–water partition coefficient (Wildman–Crippen LogP) is 3.03. The zero-order chi connectivity index (χ0) is 15.5. The van der Waals surface area contributed by atoms with Crippen molar-refractivity contribution in [3.63, 3.8) is 0 Å². The number of rotatable bonds is 4. The molecule has 0 fully saturated rings. The van der Waals surface area contributed by atoms with Gasteiger partial charge in [-0.05, 0) is 18.2 Å². The zero-order valence-corrected chi connectivity index (χ0v) is 12.8. The number of hydrogen-bond acceptors (Lipinski definition) is 4. The third kappa shape index (κ3) is 3.09. The van der Waals surface area contributed by atoms with Gasteiger partial charge in [-0.15, -0.1) is 0 Å². The first-order valence-electron chi connectivity index (χ1n) is 6.09. The molecule has 0 aromatic heterocycles. The van der Waals surface area contributed by atoms with Crippen molar-refractivity contribution in [2.75, 3.05) is 7.11 Å². The maximum Gasteiger partial charge on any atom is 0.329 e. The molecular weight excluding hydrogens is 312 g/mol. The molecule has 0 N–H and O–H groups in total. The summed E-state index contributed by atoms with van der Waals surface area (Å²) in [7, 11) is -2.80. The number of carbonyl (C=O) groups is 1. The van der Waals surface area contributed by atoms with Crippen LogP contribution in [-0.4, -0.2) is 21.5 Å². The Morgan fingerprint density at radius 2 is 1.62 bits per heavy atom. The molecular formula is C15H13ClO4S. The fourth-order valence-electron chi connectivity index (χ4n) is 1.96. The minimum Gasteiger partial charge on any atom is -0.468 e. The Kier molecular flexibility index (Phi) is 4.65. The van der Waals surface area contributed by atoms with Gasteiger partial charge in [0.2, 0.25) is 0 Å². The third-order valence-electron chi connectivity index (χ3n) is 2.98. The van der Waals surface area contributed by atoms with E-state index in [4.69, 9.17) is 11.6 Å². The van der Waals surface area contributed by atoms with Gasteiger partial charge in [-0.3, -0.25) is 4.79 Å². The third-order valence-corrected chi connectivity index (χ3v) is 5.33. The highest BCUT2D eigenvalue weighted by molar-refractivity contribution is 7.92. The van der Waals surface area contributed by atoms with Crippen molar-refractivity contribution in [2.24, 2.45) is 0 Å². The average Bonchev–Trinajstić information content (AvgIpc) is 2.50. The van der Waals surface area contributed by atoms with Gasteiger partial charge < -0.3 is 4.74 Å². The zero-order valence-electron chi connectivity index (χ0n) is 11.2. The minimum atomic E-state index is -3.95. The molecule has 110 valence electrons. The number of carbonyl (C=O) groups excluding carboxylic acids is 1. The number of esters is 1. The monoisotopic (exact) mass is 324 g/mol. The van der Waals surface area contributed by atoms with Crippen LogP contribution in [0.1, 0.15) is 10.8 Å². The van der Waals surface area contributed by atoms with Crippen molar-refractivity contribution < 1.29 is 17.9 Å². The van der Waals surface area contributed by atoms with Crippen LogP contribution in [0.5, 0.6) is 0 Å². The van der Waals surface area contributed by atoms with Crippen LogP contribution in [0.15, 0.2) is 59.5 Å². The lowest BCUT2D eigenvalue weighted by Gasteiger charge is -2.17. The molecule has 6 heteroatoms. The largest absolute Gasteiger partial charge is 0.468 e. The van der Waals surface area contributed by atoms with Crippen molar-refractivity contribution >= 4 is 27.4 Å². The molecule has 2 rings (SSSR count). The number of methoxy groups -OCH3 is 1. The van der Waals surface area contributed by atoms with Crippen LogP contribution < -0.4 is 0 Å². The Morgan fingerprint density at radius 1 is 1.05 bits per heavy atom. The number of halogens is 1. The SMILES string of the molecule is COC(=O)C(c1ccccc1Cl)S(=O)(=O)c1ccccc1. The highest BCUT2D eigenvalue weighted by Crippen LogP contribution is 2.33. The van der Waals surface area contributed by atoms with E-state index in [-0.39, 0.29) is 15.5 Å². The van der Waals surface area contributed by atoms with Crippen molar-refractivity contribution in [3.8, 4) is 0 Å². The molecule has 0 bridgehead atoms. The van der Waals surface area contributed by atoms with Gasteiger partial charge in [0.15, 0.2) is 15.1 Å². The summed E-state index contributed by atoms with van der Waals surface area (Å²) in [5, 5.41) is -1.29. The molecule has 0 aliphatic carbocycles. The molecule has 4 nitrogen and oxygen atoms in total. The number of sulfone groups is 1. The summed E-state index contributed by atoms with van der Waals surface area (Å²) in [6.45, 7) is 0. The molecule has 0 saturated carbocycles. The molecule has 2 aromatic carbocycles. The van der Waals surface area contributed by atoms with E-state index in [9.17, 15) is 13.2 Å². The Hall–Kier alpha value is -1.85. The van der Waals surface area contributed by atoms with Crippen LogP contribution in [0.2, 0.25) is 5.02 Å². The summed E-state index contributed by atoms with van der Waals surface area (Å²) >= 11 is 6.04. The van der Waals surface area contributed by atoms with E-state index in [0.29, 0.717) is 0 Å². The summed E-state index contributed by atoms with van der Waals surface area (Å²) in [6, 6.07) is 14.1. The van der Waals surface area contributed by atoms with Crippen LogP contribution in [-0.2, 0) is 19.4 Å². The van der Waals surface area contributed by atoms with Crippen LogP contribution in [0.3, 0.4) is 0 Å². The Morgan fingerprint density at radius 3 is 2.19 bits per heavy atom. The minimum absolute atomic E-state index is 0.0420. The molecule has 0 amide bonds. The first-order valence-corrected chi connectivity index (χ1v) is 8.02. The molecule has 0 radical (unpaired) electrons. The van der Waals surface area contributed by atoms with E-state index < -0.39 is 21.1 Å². The van der Waals surface area contributed by atoms with E-state index in [1.54, 1.807) is 30.3 Å². The lowest BCUT2D eigenvalue weighted by Crippen LogP contribution is -2.24. The molecule has 1 unspecified atom stereocenters. The second-order valence-corrected chi connectivity index (χ2v) is 6.72. The van der Waals surface area contributed by atoms with Crippen LogP contribution in [0.4, 0.5) is 0 Å². The molecule has 0 aliphatic rings. The van der Waals surface area contributed by atoms with Crippen molar-refractivity contribution in [1.82, 2.24) is 0 Å². The summed E-state index contributed by atoms with van der Waals surface area (Å²) in [5.41, 5.74) is 0.204. The van der Waals surface area contributed by atoms with Gasteiger partial charge in [-0.2, -0.15) is 0 Å². The van der Waals surface area contributed by atoms with E-state index in [1.807, 2.05) is 0 Å². The first kappa shape index (κ1) is 15.5. The summed E-state index contributed by atoms with van der Waals surface area (Å²) in [5.74, 6) is -0.869. The van der Waals surface area contributed by atoms with E-state index in [2.05, 4.69) is 4.74 Å². The van der Waals surface area contributed by atoms with E-state index in [1.165, 1.54) is 24.3 Å². The summed E-state index contributed by atoms with van der Waals surface area (Å²) < 4.78 is 30.1. The smallest absolute Gasteiger partial charge is 0.329 e. The topological polar surface area (TPSA) is 60.4 Å². The van der Waals surface area contributed by atoms with Gasteiger partial charge in [0.1, 0.15) is 0 Å². The van der Waals surface area contributed by atoms with Gasteiger partial charge in [0.25, 0.3) is 0 Å². The highest BCUT2D eigenvalue weighted by atomic mass is 35.5. The van der Waals surface area contributed by atoms with Crippen molar-refractivity contribution in [1.29, 1.82) is 0 Å². The van der Waals surface area contributed by atoms with Gasteiger partial charge in [-0.25, -0.2) is 8.42 Å². The lowest BCUT2D eigenvalue weighted by molar-refractivity contribution is -0.140. The quantitative estimate of drug-likeness (QED) is 0.811. The second-order valence-electron chi connectivity index (χ2n) is 4.28. The molecule has 21 heavy (non-hydrogen) atoms. The van der Waals surface area contributed by atoms with Crippen molar-refractivity contribution in [3.05, 3.63) is 65.2 Å². The standard InChI is InChI=1S/C15H13ClO4S/c1-20-15(17)14(12-9-5-6-10-13(12)16)21(18,19)11-7-3-2-4-8-11/h2-10,14H,1H3. The van der Waals surface area contributed by atoms with E-state index >= 15 is 0 Å². The lowest BCUT2D eigenvalue weighted by atomic mass is 10.1. The highest BCUT2D eigenvalue weighted by Gasteiger charge is 2.37. The van der Waals surface area contributed by atoms with E-state index in [0.717, 1.165) is 7.11 Å². The van der Waals surface area contributed by atoms with Crippen LogP contribution in [0, 0.1) is 0 Å². The molecule has 0 saturated heterocycles. The number of hydrogen-bond donors (Lipinski definition) is 0. The van der Waals surface area contributed by atoms with Gasteiger partial charge in [0.05, 0.1) is 12.0 Å². The van der Waals surface area contributed by atoms with Gasteiger partial charge in [0, 0.05) is 10.6 Å². The van der Waals surface area contributed by atoms with Gasteiger partial charge in [-0.1, -0.05) is 48.0 Å². The molecule has 2 aromatic rings. The number of ether oxygens (including phenoxy) is 1. The van der Waals surface area contributed by atoms with Crippen molar-refractivity contribution in [2.45, 2.75) is 10.1 Å². The fourth-order valence-corrected chi connectivity index (χ4v) is 3.97. The van der Waals surface area contributed by atoms with Crippen LogP contribution >= 0.6 is 11.6 Å².